The van der Waals surface area contributed by atoms with Crippen molar-refractivity contribution in [2.45, 2.75) is 24.8 Å². The van der Waals surface area contributed by atoms with E-state index in [1.165, 1.54) is 11.8 Å². The second kappa shape index (κ2) is 6.42. The van der Waals surface area contributed by atoms with Crippen molar-refractivity contribution < 1.29 is 4.79 Å². The number of carbonyl (C=O) groups excluding carboxylic acids is 1. The van der Waals surface area contributed by atoms with Crippen LogP contribution in [0.1, 0.15) is 19.9 Å². The van der Waals surface area contributed by atoms with Gasteiger partial charge in [0, 0.05) is 23.2 Å². The van der Waals surface area contributed by atoms with Crippen molar-refractivity contribution in [1.82, 2.24) is 14.8 Å². The first kappa shape index (κ1) is 14.4. The molecule has 0 aromatic carbocycles. The number of nitrogen functional groups attached to an aromatic ring is 1. The van der Waals surface area contributed by atoms with Gasteiger partial charge in [-0.15, -0.1) is 11.8 Å². The summed E-state index contributed by atoms with van der Waals surface area (Å²) in [7, 11) is 0. The molecular weight excluding hydrogens is 274 g/mol. The van der Waals surface area contributed by atoms with Crippen LogP contribution >= 0.6 is 11.8 Å². The highest BCUT2D eigenvalue weighted by Gasteiger charge is 2.09. The van der Waals surface area contributed by atoms with Gasteiger partial charge in [-0.3, -0.25) is 4.79 Å². The Morgan fingerprint density at radius 3 is 2.90 bits per heavy atom. The van der Waals surface area contributed by atoms with E-state index in [-0.39, 0.29) is 11.9 Å². The molecule has 0 saturated heterocycles. The van der Waals surface area contributed by atoms with Crippen LogP contribution in [0.25, 0.3) is 0 Å². The number of aromatic nitrogens is 3. The van der Waals surface area contributed by atoms with Gasteiger partial charge in [0.25, 0.3) is 0 Å². The summed E-state index contributed by atoms with van der Waals surface area (Å²) in [5, 5.41) is 7.02. The predicted molar refractivity (Wildman–Crippen MR) is 80.6 cm³/mol. The number of amides is 1. The Kier molecular flexibility index (Phi) is 4.62. The van der Waals surface area contributed by atoms with E-state index in [0.29, 0.717) is 17.4 Å². The van der Waals surface area contributed by atoms with E-state index in [9.17, 15) is 4.79 Å². The molecule has 0 aliphatic carbocycles. The Morgan fingerprint density at radius 1 is 1.45 bits per heavy atom. The van der Waals surface area contributed by atoms with Crippen molar-refractivity contribution in [3.8, 4) is 0 Å². The molecule has 1 amide bonds. The van der Waals surface area contributed by atoms with E-state index in [0.717, 1.165) is 4.90 Å². The molecule has 2 rings (SSSR count). The smallest absolute Gasteiger partial charge is 0.235 e. The summed E-state index contributed by atoms with van der Waals surface area (Å²) in [6, 6.07) is 5.55. The maximum atomic E-state index is 11.9. The first-order chi connectivity index (χ1) is 9.56. The highest BCUT2D eigenvalue weighted by molar-refractivity contribution is 8.00. The van der Waals surface area contributed by atoms with Crippen LogP contribution in [-0.4, -0.2) is 26.4 Å². The van der Waals surface area contributed by atoms with Crippen LogP contribution in [-0.2, 0) is 4.79 Å². The molecule has 0 fully saturated rings. The van der Waals surface area contributed by atoms with Crippen LogP contribution in [0.15, 0.2) is 35.5 Å². The van der Waals surface area contributed by atoms with E-state index in [4.69, 9.17) is 5.73 Å². The van der Waals surface area contributed by atoms with Crippen molar-refractivity contribution in [3.05, 3.63) is 30.6 Å². The largest absolute Gasteiger partial charge is 0.384 e. The van der Waals surface area contributed by atoms with Gasteiger partial charge in [-0.2, -0.15) is 5.10 Å². The van der Waals surface area contributed by atoms with E-state index < -0.39 is 0 Å². The lowest BCUT2D eigenvalue weighted by atomic mass is 10.4. The van der Waals surface area contributed by atoms with Gasteiger partial charge in [-0.1, -0.05) is 0 Å². The number of nitrogens with zero attached hydrogens (tertiary/aromatic N) is 3. The monoisotopic (exact) mass is 291 g/mol. The van der Waals surface area contributed by atoms with E-state index >= 15 is 0 Å². The summed E-state index contributed by atoms with van der Waals surface area (Å²) in [6.07, 6.45) is 3.33. The molecule has 6 nitrogen and oxygen atoms in total. The molecule has 0 aliphatic heterocycles. The molecule has 0 aliphatic rings. The topological polar surface area (TPSA) is 85.8 Å². The SMILES string of the molecule is CC(C)n1nccc1NC(=O)CSc1ccc(N)nc1. The van der Waals surface area contributed by atoms with E-state index in [1.807, 2.05) is 19.9 Å². The molecule has 7 heteroatoms. The van der Waals surface area contributed by atoms with Crippen LogP contribution in [0.3, 0.4) is 0 Å². The molecule has 0 saturated carbocycles. The van der Waals surface area contributed by atoms with Crippen LogP contribution in [0.2, 0.25) is 0 Å². The van der Waals surface area contributed by atoms with Gasteiger partial charge in [0.1, 0.15) is 11.6 Å². The minimum Gasteiger partial charge on any atom is -0.384 e. The third-order valence-corrected chi connectivity index (χ3v) is 3.54. The molecule has 2 aromatic rings. The zero-order chi connectivity index (χ0) is 14.5. The minimum absolute atomic E-state index is 0.0748. The van der Waals surface area contributed by atoms with Gasteiger partial charge in [-0.25, -0.2) is 9.67 Å². The molecule has 2 aromatic heterocycles. The normalized spacial score (nSPS) is 10.8. The van der Waals surface area contributed by atoms with Gasteiger partial charge in [0.15, 0.2) is 0 Å². The maximum Gasteiger partial charge on any atom is 0.235 e. The first-order valence-electron chi connectivity index (χ1n) is 6.24. The summed E-state index contributed by atoms with van der Waals surface area (Å²) < 4.78 is 1.77. The fourth-order valence-corrected chi connectivity index (χ4v) is 2.29. The molecule has 106 valence electrons. The number of nitrogens with two attached hydrogens (primary N) is 1. The third kappa shape index (κ3) is 3.74. The fourth-order valence-electron chi connectivity index (χ4n) is 1.63. The molecule has 2 heterocycles. The Labute approximate surface area is 121 Å². The standard InChI is InChI=1S/C13H17N5OS/c1-9(2)18-12(5-6-16-18)17-13(19)8-20-10-3-4-11(14)15-7-10/h3-7,9H,8H2,1-2H3,(H2,14,15)(H,17,19). The number of anilines is 2. The van der Waals surface area contributed by atoms with E-state index in [2.05, 4.69) is 15.4 Å². The summed E-state index contributed by atoms with van der Waals surface area (Å²) in [4.78, 5) is 16.8. The van der Waals surface area contributed by atoms with Crippen LogP contribution in [0.5, 0.6) is 0 Å². The molecule has 0 spiro atoms. The number of pyridine rings is 1. The highest BCUT2D eigenvalue weighted by Crippen LogP contribution is 2.18. The molecular formula is C13H17N5OS. The Bertz CT molecular complexity index is 579. The summed E-state index contributed by atoms with van der Waals surface area (Å²) >= 11 is 1.41. The van der Waals surface area contributed by atoms with Crippen molar-refractivity contribution >= 4 is 29.3 Å². The maximum absolute atomic E-state index is 11.9. The lowest BCUT2D eigenvalue weighted by molar-refractivity contribution is -0.113. The average Bonchev–Trinajstić information content (AvgIpc) is 2.86. The molecule has 0 bridgehead atoms. The number of thioether (sulfide) groups is 1. The van der Waals surface area contributed by atoms with Crippen LogP contribution in [0, 0.1) is 0 Å². The van der Waals surface area contributed by atoms with Crippen LogP contribution in [0.4, 0.5) is 11.6 Å². The minimum atomic E-state index is -0.0748. The highest BCUT2D eigenvalue weighted by atomic mass is 32.2. The van der Waals surface area contributed by atoms with Gasteiger partial charge in [-0.05, 0) is 26.0 Å². The third-order valence-electron chi connectivity index (χ3n) is 2.56. The molecule has 0 unspecified atom stereocenters. The van der Waals surface area contributed by atoms with Gasteiger partial charge in [0.2, 0.25) is 5.91 Å². The van der Waals surface area contributed by atoms with Crippen LogP contribution < -0.4 is 11.1 Å². The number of hydrogen-bond donors (Lipinski definition) is 2. The number of rotatable bonds is 5. The second-order valence-corrected chi connectivity index (χ2v) is 5.56. The van der Waals surface area contributed by atoms with E-state index in [1.54, 1.807) is 29.2 Å². The van der Waals surface area contributed by atoms with Crippen molar-refractivity contribution in [2.24, 2.45) is 0 Å². The second-order valence-electron chi connectivity index (χ2n) is 4.51. The van der Waals surface area contributed by atoms with Gasteiger partial charge in [0.05, 0.1) is 11.9 Å². The molecule has 20 heavy (non-hydrogen) atoms. The van der Waals surface area contributed by atoms with Gasteiger partial charge < -0.3 is 11.1 Å². The molecule has 0 radical (unpaired) electrons. The first-order valence-corrected chi connectivity index (χ1v) is 7.22. The van der Waals surface area contributed by atoms with Gasteiger partial charge >= 0.3 is 0 Å². The van der Waals surface area contributed by atoms with Crippen molar-refractivity contribution in [2.75, 3.05) is 16.8 Å². The lowest BCUT2D eigenvalue weighted by Crippen LogP contribution is -2.18. The molecule has 3 N–H and O–H groups in total. The summed E-state index contributed by atoms with van der Waals surface area (Å²) in [5.41, 5.74) is 5.51. The quantitative estimate of drug-likeness (QED) is 0.825. The Morgan fingerprint density at radius 2 is 2.25 bits per heavy atom. The lowest BCUT2D eigenvalue weighted by Gasteiger charge is -2.11. The summed E-state index contributed by atoms with van der Waals surface area (Å²) in [6.45, 7) is 4.02. The Hall–Kier alpha value is -2.02. The fraction of sp³-hybridized carbons (Fsp3) is 0.308. The Balaban J connectivity index is 1.89. The number of carbonyl (C=O) groups is 1. The number of nitrogens with one attached hydrogen (secondary N) is 1. The average molecular weight is 291 g/mol. The zero-order valence-electron chi connectivity index (χ0n) is 11.4. The summed E-state index contributed by atoms with van der Waals surface area (Å²) in [5.74, 6) is 1.42. The van der Waals surface area contributed by atoms with Crippen molar-refractivity contribution in [3.63, 3.8) is 0 Å². The zero-order valence-corrected chi connectivity index (χ0v) is 12.2. The van der Waals surface area contributed by atoms with Crippen molar-refractivity contribution in [1.29, 1.82) is 0 Å². The molecule has 0 atom stereocenters. The number of hydrogen-bond acceptors (Lipinski definition) is 5. The predicted octanol–water partition coefficient (Wildman–Crippen LogP) is 2.17.